The molecular weight excluding hydrogens is 244 g/mol. The smallest absolute Gasteiger partial charge is 0.313 e. The van der Waals surface area contributed by atoms with E-state index in [0.717, 1.165) is 11.1 Å². The van der Waals surface area contributed by atoms with Gasteiger partial charge in [-0.2, -0.15) is 0 Å². The highest BCUT2D eigenvalue weighted by molar-refractivity contribution is 5.83. The number of hydrogen-bond acceptors (Lipinski definition) is 4. The van der Waals surface area contributed by atoms with Crippen LogP contribution in [0.4, 0.5) is 0 Å². The maximum Gasteiger partial charge on any atom is 0.313 e. The Kier molecular flexibility index (Phi) is 3.57. The van der Waals surface area contributed by atoms with Gasteiger partial charge in [-0.1, -0.05) is 6.07 Å². The number of hydrogen-bond donors (Lipinski definition) is 2. The maximum atomic E-state index is 11.6. The largest absolute Gasteiger partial charge is 0.481 e. The Morgan fingerprint density at radius 1 is 1.53 bits per heavy atom. The molecule has 2 N–H and O–H groups in total. The van der Waals surface area contributed by atoms with Crippen molar-refractivity contribution in [2.75, 3.05) is 13.6 Å². The van der Waals surface area contributed by atoms with Gasteiger partial charge in [0, 0.05) is 6.92 Å². The monoisotopic (exact) mass is 262 g/mol. The number of rotatable bonds is 5. The quantitative estimate of drug-likeness (QED) is 0.863. The molecule has 5 heteroatoms. The molecule has 1 aromatic heterocycles. The van der Waals surface area contributed by atoms with E-state index in [2.05, 4.69) is 10.3 Å². The third kappa shape index (κ3) is 2.46. The Balaban J connectivity index is 2.46. The van der Waals surface area contributed by atoms with Crippen molar-refractivity contribution in [2.45, 2.75) is 25.7 Å². The molecule has 1 atom stereocenters. The maximum absolute atomic E-state index is 11.6. The molecule has 5 nitrogen and oxygen atoms in total. The Labute approximate surface area is 111 Å². The molecule has 2 aromatic rings. The van der Waals surface area contributed by atoms with E-state index in [-0.39, 0.29) is 0 Å². The van der Waals surface area contributed by atoms with Crippen LogP contribution in [-0.2, 0) is 10.2 Å². The van der Waals surface area contributed by atoms with Gasteiger partial charge in [0.05, 0.1) is 5.41 Å². The second-order valence-corrected chi connectivity index (χ2v) is 4.91. The predicted molar refractivity (Wildman–Crippen MR) is 72.3 cm³/mol. The van der Waals surface area contributed by atoms with Gasteiger partial charge in [-0.15, -0.1) is 0 Å². The van der Waals surface area contributed by atoms with Crippen LogP contribution in [0.3, 0.4) is 0 Å². The molecule has 0 aliphatic carbocycles. The first-order valence-corrected chi connectivity index (χ1v) is 6.23. The summed E-state index contributed by atoms with van der Waals surface area (Å²) >= 11 is 0. The lowest BCUT2D eigenvalue weighted by atomic mass is 9.79. The van der Waals surface area contributed by atoms with Crippen molar-refractivity contribution >= 4 is 17.1 Å². The normalized spacial score (nSPS) is 14.5. The first-order valence-electron chi connectivity index (χ1n) is 6.23. The van der Waals surface area contributed by atoms with Crippen molar-refractivity contribution in [1.29, 1.82) is 0 Å². The van der Waals surface area contributed by atoms with E-state index < -0.39 is 11.4 Å². The fraction of sp³-hybridized carbons (Fsp3) is 0.429. The molecule has 1 aromatic carbocycles. The molecule has 2 rings (SSSR count). The zero-order chi connectivity index (χ0) is 14.0. The molecule has 1 unspecified atom stereocenters. The number of benzene rings is 1. The molecule has 0 saturated carbocycles. The highest BCUT2D eigenvalue weighted by atomic mass is 16.4. The lowest BCUT2D eigenvalue weighted by Gasteiger charge is -2.25. The number of aryl methyl sites for hydroxylation is 1. The number of carbonyl (C=O) groups is 1. The second kappa shape index (κ2) is 5.01. The molecule has 102 valence electrons. The van der Waals surface area contributed by atoms with Crippen LogP contribution >= 0.6 is 0 Å². The number of aliphatic carboxylic acids is 1. The summed E-state index contributed by atoms with van der Waals surface area (Å²) in [5.41, 5.74) is 1.19. The number of fused-ring (bicyclic) bond motifs is 1. The van der Waals surface area contributed by atoms with Crippen LogP contribution in [0.1, 0.15) is 24.8 Å². The van der Waals surface area contributed by atoms with Gasteiger partial charge in [0.25, 0.3) is 0 Å². The Morgan fingerprint density at radius 3 is 2.89 bits per heavy atom. The SMILES string of the molecule is CNCCC(C)(C(=O)O)c1ccc2nc(C)oc2c1. The summed E-state index contributed by atoms with van der Waals surface area (Å²) in [6, 6.07) is 5.40. The third-order valence-electron chi connectivity index (χ3n) is 3.48. The topological polar surface area (TPSA) is 75.4 Å². The van der Waals surface area contributed by atoms with E-state index in [9.17, 15) is 9.90 Å². The van der Waals surface area contributed by atoms with Gasteiger partial charge in [0.15, 0.2) is 11.5 Å². The van der Waals surface area contributed by atoms with Crippen molar-refractivity contribution in [3.05, 3.63) is 29.7 Å². The van der Waals surface area contributed by atoms with Crippen molar-refractivity contribution in [1.82, 2.24) is 10.3 Å². The van der Waals surface area contributed by atoms with Crippen LogP contribution in [0.15, 0.2) is 22.6 Å². The van der Waals surface area contributed by atoms with E-state index in [1.807, 2.05) is 19.2 Å². The Hall–Kier alpha value is -1.88. The molecule has 0 radical (unpaired) electrons. The van der Waals surface area contributed by atoms with Gasteiger partial charge in [-0.3, -0.25) is 4.79 Å². The summed E-state index contributed by atoms with van der Waals surface area (Å²) in [4.78, 5) is 15.8. The van der Waals surface area contributed by atoms with Gasteiger partial charge in [-0.25, -0.2) is 4.98 Å². The van der Waals surface area contributed by atoms with Crippen molar-refractivity contribution < 1.29 is 14.3 Å². The molecule has 0 spiro atoms. The van der Waals surface area contributed by atoms with Crippen LogP contribution in [0.5, 0.6) is 0 Å². The van der Waals surface area contributed by atoms with Gasteiger partial charge in [-0.05, 0) is 44.6 Å². The summed E-state index contributed by atoms with van der Waals surface area (Å²) in [6.45, 7) is 4.14. The molecule has 0 saturated heterocycles. The molecule has 0 fully saturated rings. The molecule has 0 aliphatic rings. The summed E-state index contributed by atoms with van der Waals surface area (Å²) in [5, 5.41) is 12.5. The lowest BCUT2D eigenvalue weighted by Crippen LogP contribution is -2.35. The standard InChI is InChI=1S/C14H18N2O3/c1-9-16-11-5-4-10(8-12(11)19-9)14(2,13(17)18)6-7-15-3/h4-5,8,15H,6-7H2,1-3H3,(H,17,18). The van der Waals surface area contributed by atoms with E-state index in [1.54, 1.807) is 19.9 Å². The van der Waals surface area contributed by atoms with E-state index in [1.165, 1.54) is 0 Å². The van der Waals surface area contributed by atoms with E-state index >= 15 is 0 Å². The fourth-order valence-corrected chi connectivity index (χ4v) is 2.13. The van der Waals surface area contributed by atoms with Crippen molar-refractivity contribution in [3.8, 4) is 0 Å². The summed E-state index contributed by atoms with van der Waals surface area (Å²) < 4.78 is 5.47. The number of nitrogens with one attached hydrogen (secondary N) is 1. The first-order chi connectivity index (χ1) is 8.97. The van der Waals surface area contributed by atoms with Crippen LogP contribution in [0.25, 0.3) is 11.1 Å². The lowest BCUT2D eigenvalue weighted by molar-refractivity contribution is -0.143. The number of carboxylic acids is 1. The molecular formula is C14H18N2O3. The van der Waals surface area contributed by atoms with Gasteiger partial charge in [0.2, 0.25) is 0 Å². The fourth-order valence-electron chi connectivity index (χ4n) is 2.13. The number of oxazole rings is 1. The zero-order valence-corrected chi connectivity index (χ0v) is 11.4. The molecule has 1 heterocycles. The Morgan fingerprint density at radius 2 is 2.26 bits per heavy atom. The third-order valence-corrected chi connectivity index (χ3v) is 3.48. The van der Waals surface area contributed by atoms with Crippen molar-refractivity contribution in [3.63, 3.8) is 0 Å². The zero-order valence-electron chi connectivity index (χ0n) is 11.4. The average molecular weight is 262 g/mol. The first kappa shape index (κ1) is 13.5. The highest BCUT2D eigenvalue weighted by Crippen LogP contribution is 2.30. The highest BCUT2D eigenvalue weighted by Gasteiger charge is 2.35. The summed E-state index contributed by atoms with van der Waals surface area (Å²) in [6.07, 6.45) is 0.511. The van der Waals surface area contributed by atoms with Crippen LogP contribution < -0.4 is 5.32 Å². The van der Waals surface area contributed by atoms with E-state index in [4.69, 9.17) is 4.42 Å². The Bertz CT molecular complexity index is 606. The number of nitrogens with zero attached hydrogens (tertiary/aromatic N) is 1. The minimum absolute atomic E-state index is 0.511. The van der Waals surface area contributed by atoms with Gasteiger partial charge in [0.1, 0.15) is 5.52 Å². The van der Waals surface area contributed by atoms with Crippen molar-refractivity contribution in [2.24, 2.45) is 0 Å². The second-order valence-electron chi connectivity index (χ2n) is 4.91. The minimum Gasteiger partial charge on any atom is -0.481 e. The molecule has 0 bridgehead atoms. The number of carboxylic acid groups (broad SMARTS) is 1. The number of aromatic nitrogens is 1. The molecule has 0 aliphatic heterocycles. The minimum atomic E-state index is -0.933. The van der Waals surface area contributed by atoms with Gasteiger partial charge >= 0.3 is 5.97 Å². The van der Waals surface area contributed by atoms with Crippen LogP contribution in [0, 0.1) is 6.92 Å². The summed E-state index contributed by atoms with van der Waals surface area (Å²) in [7, 11) is 1.81. The predicted octanol–water partition coefficient (Wildman–Crippen LogP) is 2.09. The van der Waals surface area contributed by atoms with E-state index in [0.29, 0.717) is 24.4 Å². The van der Waals surface area contributed by atoms with Crippen LogP contribution in [-0.4, -0.2) is 29.7 Å². The van der Waals surface area contributed by atoms with Gasteiger partial charge < -0.3 is 14.8 Å². The summed E-state index contributed by atoms with van der Waals surface area (Å²) in [5.74, 6) is -0.252. The average Bonchev–Trinajstić information content (AvgIpc) is 2.74. The molecule has 19 heavy (non-hydrogen) atoms. The molecule has 0 amide bonds. The van der Waals surface area contributed by atoms with Crippen LogP contribution in [0.2, 0.25) is 0 Å².